The lowest BCUT2D eigenvalue weighted by atomic mass is 9.96. The second-order valence-electron chi connectivity index (χ2n) is 6.84. The average Bonchev–Trinajstić information content (AvgIpc) is 3.16. The molecule has 3 nitrogen and oxygen atoms in total. The number of halogens is 3. The van der Waals surface area contributed by atoms with Gasteiger partial charge in [-0.25, -0.2) is 5.01 Å². The van der Waals surface area contributed by atoms with Crippen LogP contribution in [0.4, 0.5) is 0 Å². The van der Waals surface area contributed by atoms with Crippen LogP contribution in [-0.4, -0.2) is 10.7 Å². The molecule has 2 aliphatic heterocycles. The SMILES string of the molecule is Clc1ccc(C2Oc3ccc(Br)cc3C3CC(c4ccccc4)=NN32)cc1Cl. The molecule has 0 spiro atoms. The molecule has 0 N–H and O–H groups in total. The van der Waals surface area contributed by atoms with E-state index in [1.165, 1.54) is 0 Å². The van der Waals surface area contributed by atoms with Crippen LogP contribution < -0.4 is 4.74 Å². The first-order valence-electron chi connectivity index (χ1n) is 8.92. The number of rotatable bonds is 2. The minimum absolute atomic E-state index is 0.0934. The smallest absolute Gasteiger partial charge is 0.213 e. The Hall–Kier alpha value is -2.01. The van der Waals surface area contributed by atoms with E-state index in [1.807, 2.05) is 47.5 Å². The van der Waals surface area contributed by atoms with Gasteiger partial charge in [0.05, 0.1) is 21.8 Å². The lowest BCUT2D eigenvalue weighted by Gasteiger charge is -2.38. The fraction of sp³-hybridized carbons (Fsp3) is 0.136. The molecular formula is C22H15BrCl2N2O. The third kappa shape index (κ3) is 3.10. The summed E-state index contributed by atoms with van der Waals surface area (Å²) in [5, 5.41) is 8.02. The summed E-state index contributed by atoms with van der Waals surface area (Å²) in [5.74, 6) is 0.866. The van der Waals surface area contributed by atoms with Crippen LogP contribution in [0.15, 0.2) is 76.3 Å². The topological polar surface area (TPSA) is 24.8 Å². The Morgan fingerprint density at radius 1 is 0.964 bits per heavy atom. The zero-order valence-corrected chi connectivity index (χ0v) is 17.7. The van der Waals surface area contributed by atoms with E-state index in [4.69, 9.17) is 33.0 Å². The Bertz CT molecular complexity index is 1090. The summed E-state index contributed by atoms with van der Waals surface area (Å²) < 4.78 is 7.39. The predicted molar refractivity (Wildman–Crippen MR) is 116 cm³/mol. The molecule has 28 heavy (non-hydrogen) atoms. The van der Waals surface area contributed by atoms with Gasteiger partial charge in [-0.05, 0) is 35.9 Å². The van der Waals surface area contributed by atoms with Crippen LogP contribution in [0.5, 0.6) is 5.75 Å². The van der Waals surface area contributed by atoms with Gasteiger partial charge in [0, 0.05) is 22.0 Å². The van der Waals surface area contributed by atoms with Gasteiger partial charge in [0.15, 0.2) is 0 Å². The van der Waals surface area contributed by atoms with Crippen molar-refractivity contribution in [2.75, 3.05) is 0 Å². The molecule has 2 heterocycles. The third-order valence-electron chi connectivity index (χ3n) is 5.09. The number of hydrogen-bond acceptors (Lipinski definition) is 3. The highest BCUT2D eigenvalue weighted by molar-refractivity contribution is 9.10. The average molecular weight is 474 g/mol. The van der Waals surface area contributed by atoms with Crippen LogP contribution >= 0.6 is 39.1 Å². The molecule has 2 unspecified atom stereocenters. The van der Waals surface area contributed by atoms with E-state index in [-0.39, 0.29) is 12.3 Å². The second kappa shape index (κ2) is 7.11. The third-order valence-corrected chi connectivity index (χ3v) is 6.32. The van der Waals surface area contributed by atoms with Gasteiger partial charge in [-0.2, -0.15) is 5.10 Å². The largest absolute Gasteiger partial charge is 0.464 e. The molecule has 0 radical (unpaired) electrons. The fourth-order valence-corrected chi connectivity index (χ4v) is 4.43. The van der Waals surface area contributed by atoms with Crippen molar-refractivity contribution < 1.29 is 4.74 Å². The molecular weight excluding hydrogens is 459 g/mol. The van der Waals surface area contributed by atoms with E-state index < -0.39 is 0 Å². The molecule has 0 saturated carbocycles. The maximum Gasteiger partial charge on any atom is 0.213 e. The van der Waals surface area contributed by atoms with Crippen molar-refractivity contribution in [3.8, 4) is 5.75 Å². The minimum atomic E-state index is -0.366. The molecule has 5 rings (SSSR count). The van der Waals surface area contributed by atoms with E-state index in [0.717, 1.165) is 39.0 Å². The Balaban J connectivity index is 1.62. The molecule has 0 bridgehead atoms. The maximum absolute atomic E-state index is 6.36. The standard InChI is InChI=1S/C22H15BrCl2N2O/c23-15-7-9-21-16(11-15)20-12-19(13-4-2-1-3-5-13)26-27(20)22(28-21)14-6-8-17(24)18(25)10-14/h1-11,20,22H,12H2. The van der Waals surface area contributed by atoms with Crippen molar-refractivity contribution in [2.24, 2.45) is 5.10 Å². The summed E-state index contributed by atoms with van der Waals surface area (Å²) in [5.41, 5.74) is 4.22. The number of hydrazone groups is 1. The van der Waals surface area contributed by atoms with Gasteiger partial charge in [0.1, 0.15) is 5.75 Å². The molecule has 2 atom stereocenters. The fourth-order valence-electron chi connectivity index (χ4n) is 3.75. The first-order chi connectivity index (χ1) is 13.6. The quantitative estimate of drug-likeness (QED) is 0.400. The van der Waals surface area contributed by atoms with Gasteiger partial charge in [0.2, 0.25) is 6.23 Å². The van der Waals surface area contributed by atoms with E-state index in [2.05, 4.69) is 34.1 Å². The summed E-state index contributed by atoms with van der Waals surface area (Å²) in [6.07, 6.45) is 0.448. The number of ether oxygens (including phenoxy) is 1. The Morgan fingerprint density at radius 2 is 1.79 bits per heavy atom. The highest BCUT2D eigenvalue weighted by atomic mass is 79.9. The molecule has 0 amide bonds. The van der Waals surface area contributed by atoms with Crippen LogP contribution in [-0.2, 0) is 0 Å². The van der Waals surface area contributed by atoms with Gasteiger partial charge in [-0.1, -0.05) is 75.5 Å². The zero-order chi connectivity index (χ0) is 19.3. The van der Waals surface area contributed by atoms with Gasteiger partial charge in [-0.15, -0.1) is 0 Å². The van der Waals surface area contributed by atoms with E-state index >= 15 is 0 Å². The van der Waals surface area contributed by atoms with Crippen LogP contribution in [0.3, 0.4) is 0 Å². The molecule has 6 heteroatoms. The molecule has 0 aromatic heterocycles. The predicted octanol–water partition coefficient (Wildman–Crippen LogP) is 7.00. The van der Waals surface area contributed by atoms with E-state index in [9.17, 15) is 0 Å². The van der Waals surface area contributed by atoms with Crippen LogP contribution in [0.2, 0.25) is 10.0 Å². The van der Waals surface area contributed by atoms with Crippen LogP contribution in [0.25, 0.3) is 0 Å². The van der Waals surface area contributed by atoms with Crippen molar-refractivity contribution >= 4 is 44.8 Å². The Morgan fingerprint density at radius 3 is 2.57 bits per heavy atom. The van der Waals surface area contributed by atoms with Crippen molar-refractivity contribution in [1.29, 1.82) is 0 Å². The van der Waals surface area contributed by atoms with Crippen LogP contribution in [0.1, 0.15) is 35.4 Å². The zero-order valence-electron chi connectivity index (χ0n) is 14.6. The summed E-state index contributed by atoms with van der Waals surface area (Å²) in [6, 6.07) is 22.1. The van der Waals surface area contributed by atoms with Crippen molar-refractivity contribution in [1.82, 2.24) is 5.01 Å². The molecule has 0 aliphatic carbocycles. The Labute approximate surface area is 181 Å². The van der Waals surface area contributed by atoms with Gasteiger partial charge in [0.25, 0.3) is 0 Å². The summed E-state index contributed by atoms with van der Waals surface area (Å²) >= 11 is 16.0. The van der Waals surface area contributed by atoms with E-state index in [0.29, 0.717) is 10.0 Å². The molecule has 0 fully saturated rings. The number of nitrogens with zero attached hydrogens (tertiary/aromatic N) is 2. The molecule has 3 aromatic rings. The summed E-state index contributed by atoms with van der Waals surface area (Å²) in [4.78, 5) is 0. The highest BCUT2D eigenvalue weighted by Gasteiger charge is 2.41. The Kier molecular flexibility index (Phi) is 4.58. The van der Waals surface area contributed by atoms with Crippen molar-refractivity contribution in [3.05, 3.63) is 97.9 Å². The maximum atomic E-state index is 6.36. The normalized spacial score (nSPS) is 20.2. The van der Waals surface area contributed by atoms with Gasteiger partial charge in [-0.3, -0.25) is 0 Å². The van der Waals surface area contributed by atoms with Gasteiger partial charge >= 0.3 is 0 Å². The highest BCUT2D eigenvalue weighted by Crippen LogP contribution is 2.48. The number of fused-ring (bicyclic) bond motifs is 3. The second-order valence-corrected chi connectivity index (χ2v) is 8.57. The first kappa shape index (κ1) is 18.0. The monoisotopic (exact) mass is 472 g/mol. The molecule has 140 valence electrons. The van der Waals surface area contributed by atoms with Gasteiger partial charge < -0.3 is 4.74 Å². The van der Waals surface area contributed by atoms with Crippen molar-refractivity contribution in [3.63, 3.8) is 0 Å². The lowest BCUT2D eigenvalue weighted by Crippen LogP contribution is -2.33. The number of benzene rings is 3. The molecule has 0 saturated heterocycles. The lowest BCUT2D eigenvalue weighted by molar-refractivity contribution is -0.0190. The molecule has 3 aromatic carbocycles. The van der Waals surface area contributed by atoms with Crippen LogP contribution in [0, 0.1) is 0 Å². The van der Waals surface area contributed by atoms with E-state index in [1.54, 1.807) is 6.07 Å². The first-order valence-corrected chi connectivity index (χ1v) is 10.5. The molecule has 2 aliphatic rings. The summed E-state index contributed by atoms with van der Waals surface area (Å²) in [6.45, 7) is 0. The number of hydrogen-bond donors (Lipinski definition) is 0. The summed E-state index contributed by atoms with van der Waals surface area (Å²) in [7, 11) is 0. The van der Waals surface area contributed by atoms with Crippen molar-refractivity contribution in [2.45, 2.75) is 18.7 Å². The minimum Gasteiger partial charge on any atom is -0.464 e.